The maximum atomic E-state index is 13.0. The molecule has 7 rings (SSSR count). The number of fused-ring (bicyclic) bond motifs is 5. The first-order valence-electron chi connectivity index (χ1n) is 17.5. The maximum Gasteiger partial charge on any atom is 0.503 e. The molecule has 15 heteroatoms. The van der Waals surface area contributed by atoms with E-state index in [9.17, 15) is 28.8 Å². The van der Waals surface area contributed by atoms with Crippen LogP contribution >= 0.6 is 0 Å². The van der Waals surface area contributed by atoms with Gasteiger partial charge < -0.3 is 24.7 Å². The summed E-state index contributed by atoms with van der Waals surface area (Å²) in [6, 6.07) is 15.2. The summed E-state index contributed by atoms with van der Waals surface area (Å²) in [5.74, 6) is -1.95. The summed E-state index contributed by atoms with van der Waals surface area (Å²) >= 11 is 0. The van der Waals surface area contributed by atoms with Crippen LogP contribution in [-0.4, -0.2) is 88.4 Å². The fraction of sp³-hybridized carbons (Fsp3) is 0.405. The second-order valence-electron chi connectivity index (χ2n) is 13.1. The first-order valence-corrected chi connectivity index (χ1v) is 17.5. The highest BCUT2D eigenvalue weighted by atomic mass is 16.7. The lowest BCUT2D eigenvalue weighted by Crippen LogP contribution is -2.41. The molecule has 4 atom stereocenters. The molecule has 5 heterocycles. The molecule has 0 spiro atoms. The Bertz CT molecular complexity index is 1860. The van der Waals surface area contributed by atoms with Crippen molar-refractivity contribution in [2.24, 2.45) is 0 Å². The first-order chi connectivity index (χ1) is 25.2. The average molecular weight is 713 g/mol. The van der Waals surface area contributed by atoms with Gasteiger partial charge in [-0.05, 0) is 49.9 Å². The fourth-order valence-electron chi connectivity index (χ4n) is 6.94. The van der Waals surface area contributed by atoms with Gasteiger partial charge in [-0.15, -0.1) is 0 Å². The van der Waals surface area contributed by atoms with Crippen molar-refractivity contribution in [3.8, 4) is 6.01 Å². The number of amides is 4. The van der Waals surface area contributed by atoms with E-state index in [0.29, 0.717) is 60.8 Å². The van der Waals surface area contributed by atoms with Crippen LogP contribution in [0.4, 0.5) is 5.82 Å². The van der Waals surface area contributed by atoms with Gasteiger partial charge in [0, 0.05) is 37.0 Å². The monoisotopic (exact) mass is 712 g/mol. The van der Waals surface area contributed by atoms with E-state index in [4.69, 9.17) is 24.7 Å². The van der Waals surface area contributed by atoms with Crippen molar-refractivity contribution >= 4 is 41.4 Å². The summed E-state index contributed by atoms with van der Waals surface area (Å²) in [7, 11) is 0. The van der Waals surface area contributed by atoms with Gasteiger partial charge in [0.25, 0.3) is 23.6 Å². The summed E-state index contributed by atoms with van der Waals surface area (Å²) in [6.45, 7) is 0.335. The highest BCUT2D eigenvalue weighted by Crippen LogP contribution is 2.36. The molecule has 52 heavy (non-hydrogen) atoms. The van der Waals surface area contributed by atoms with Gasteiger partial charge in [-0.2, -0.15) is 4.57 Å². The predicted molar refractivity (Wildman–Crippen MR) is 179 cm³/mol. The van der Waals surface area contributed by atoms with Crippen LogP contribution in [0, 0.1) is 0 Å². The van der Waals surface area contributed by atoms with Crippen LogP contribution in [0.15, 0.2) is 60.8 Å². The van der Waals surface area contributed by atoms with Gasteiger partial charge in [-0.3, -0.25) is 38.6 Å². The lowest BCUT2D eigenvalue weighted by atomic mass is 10.1. The Kier molecular flexibility index (Phi) is 9.94. The summed E-state index contributed by atoms with van der Waals surface area (Å²) < 4.78 is 25.2. The number of aromatic nitrogens is 2. The van der Waals surface area contributed by atoms with E-state index < -0.39 is 36.5 Å². The minimum Gasteiger partial charge on any atom is -0.463 e. The molecule has 2 aromatic carbocycles. The Morgan fingerprint density at radius 3 is 1.79 bits per heavy atom. The van der Waals surface area contributed by atoms with Gasteiger partial charge in [0.1, 0.15) is 18.9 Å². The van der Waals surface area contributed by atoms with Gasteiger partial charge in [0.05, 0.1) is 22.3 Å². The first kappa shape index (κ1) is 34.7. The van der Waals surface area contributed by atoms with Crippen LogP contribution in [-0.2, 0) is 23.8 Å². The van der Waals surface area contributed by atoms with Gasteiger partial charge in [0.15, 0.2) is 6.10 Å². The Balaban J connectivity index is 0.861. The second kappa shape index (κ2) is 14.9. The van der Waals surface area contributed by atoms with Gasteiger partial charge >= 0.3 is 17.9 Å². The van der Waals surface area contributed by atoms with E-state index >= 15 is 0 Å². The highest BCUT2D eigenvalue weighted by Gasteiger charge is 2.58. The molecule has 4 aliphatic heterocycles. The zero-order valence-electron chi connectivity index (χ0n) is 28.3. The number of carbonyl (C=O) groups is 6. The standard InChI is InChI=1S/C37H37N5O10/c38-27-17-20-42-36-31(52-37(42)39-27)30(51-29(44)16-4-2-10-19-41-34(47)24-13-7-8-14-25(24)35(41)48)26(50-36)21-49-28(43)15-3-1-9-18-40-32(45)22-11-5-6-12-23(22)33(40)46/h5-8,11-14,17,20,26,30-31,36,38H,1-4,9-10,15-16,18-19,21H2/p+1/t26-,30-,31-,36-/m1/s1. The predicted octanol–water partition coefficient (Wildman–Crippen LogP) is 2.78. The van der Waals surface area contributed by atoms with Crippen LogP contribution < -0.4 is 15.0 Å². The molecule has 2 N–H and O–H groups in total. The molecule has 1 saturated heterocycles. The third kappa shape index (κ3) is 6.83. The SMILES string of the molecule is Nc1cc[n+]2c(n1)O[C@@H]1[C@H](OC(=O)CCCCCN3C(=O)c4ccccc4C3=O)[C@@H](COC(=O)CCCCCN3C(=O)c4ccccc4C3=O)O[C@H]12. The summed E-state index contributed by atoms with van der Waals surface area (Å²) in [5.41, 5.74) is 7.44. The normalized spacial score (nSPS) is 21.2. The number of nitrogens with zero attached hydrogens (tertiary/aromatic N) is 4. The molecule has 4 aliphatic rings. The van der Waals surface area contributed by atoms with E-state index in [1.54, 1.807) is 65.4 Å². The molecule has 4 amide bonds. The van der Waals surface area contributed by atoms with Crippen molar-refractivity contribution in [1.82, 2.24) is 14.8 Å². The molecule has 3 aromatic rings. The maximum absolute atomic E-state index is 13.0. The third-order valence-corrected chi connectivity index (χ3v) is 9.61. The Morgan fingerprint density at radius 1 is 0.731 bits per heavy atom. The number of rotatable bonds is 15. The molecule has 0 aliphatic carbocycles. The van der Waals surface area contributed by atoms with Crippen molar-refractivity contribution in [1.29, 1.82) is 0 Å². The summed E-state index contributed by atoms with van der Waals surface area (Å²) in [5, 5.41) is 0. The van der Waals surface area contributed by atoms with Crippen LogP contribution in [0.3, 0.4) is 0 Å². The van der Waals surface area contributed by atoms with Crippen LogP contribution in [0.2, 0.25) is 0 Å². The number of carbonyl (C=O) groups excluding carboxylic acids is 6. The number of benzene rings is 2. The number of hydrogen-bond donors (Lipinski definition) is 1. The number of hydrogen-bond acceptors (Lipinski definition) is 12. The van der Waals surface area contributed by atoms with E-state index in [-0.39, 0.29) is 68.0 Å². The summed E-state index contributed by atoms with van der Waals surface area (Å²) in [6.07, 6.45) is 1.89. The van der Waals surface area contributed by atoms with Crippen LogP contribution in [0.5, 0.6) is 6.01 Å². The number of nitrogens with two attached hydrogens (primary N) is 1. The minimum absolute atomic E-state index is 0.0779. The molecule has 1 fully saturated rings. The van der Waals surface area contributed by atoms with E-state index in [0.717, 1.165) is 0 Å². The molecule has 270 valence electrons. The lowest BCUT2D eigenvalue weighted by molar-refractivity contribution is -0.746. The van der Waals surface area contributed by atoms with E-state index in [2.05, 4.69) is 4.98 Å². The topological polar surface area (TPSA) is 189 Å². The van der Waals surface area contributed by atoms with Crippen molar-refractivity contribution in [3.63, 3.8) is 0 Å². The number of esters is 2. The van der Waals surface area contributed by atoms with Crippen molar-refractivity contribution < 1.29 is 52.3 Å². The Hall–Kier alpha value is -5.70. The fourth-order valence-corrected chi connectivity index (χ4v) is 6.94. The molecule has 0 unspecified atom stereocenters. The average Bonchev–Trinajstić information content (AvgIpc) is 3.81. The summed E-state index contributed by atoms with van der Waals surface area (Å²) in [4.78, 5) is 82.7. The molecule has 15 nitrogen and oxygen atoms in total. The number of anilines is 1. The van der Waals surface area contributed by atoms with E-state index in [1.165, 1.54) is 9.80 Å². The van der Waals surface area contributed by atoms with Crippen LogP contribution in [0.1, 0.15) is 99.0 Å². The quantitative estimate of drug-likeness (QED) is 0.105. The van der Waals surface area contributed by atoms with Crippen molar-refractivity contribution in [2.75, 3.05) is 25.4 Å². The van der Waals surface area contributed by atoms with E-state index in [1.807, 2.05) is 0 Å². The minimum atomic E-state index is -0.911. The molecule has 0 bridgehead atoms. The molecule has 0 radical (unpaired) electrons. The third-order valence-electron chi connectivity index (χ3n) is 9.61. The van der Waals surface area contributed by atoms with Crippen molar-refractivity contribution in [2.45, 2.75) is 75.9 Å². The second-order valence-corrected chi connectivity index (χ2v) is 13.1. The smallest absolute Gasteiger partial charge is 0.463 e. The number of nitrogen functional groups attached to an aromatic ring is 1. The Labute approximate surface area is 298 Å². The van der Waals surface area contributed by atoms with Crippen molar-refractivity contribution in [3.05, 3.63) is 83.0 Å². The van der Waals surface area contributed by atoms with Gasteiger partial charge in [-0.25, -0.2) is 0 Å². The zero-order valence-corrected chi connectivity index (χ0v) is 28.3. The molecular weight excluding hydrogens is 674 g/mol. The van der Waals surface area contributed by atoms with Crippen LogP contribution in [0.25, 0.3) is 0 Å². The largest absolute Gasteiger partial charge is 0.503 e. The molecule has 1 aromatic heterocycles. The lowest BCUT2D eigenvalue weighted by Gasteiger charge is -2.21. The molecule has 0 saturated carbocycles. The Morgan fingerprint density at radius 2 is 1.25 bits per heavy atom. The number of ether oxygens (including phenoxy) is 4. The van der Waals surface area contributed by atoms with Gasteiger partial charge in [-0.1, -0.05) is 37.1 Å². The van der Waals surface area contributed by atoms with Gasteiger partial charge in [0.2, 0.25) is 18.1 Å². The highest BCUT2D eigenvalue weighted by molar-refractivity contribution is 6.22. The number of imide groups is 2. The molecular formula is C37H38N5O10+. The number of unbranched alkanes of at least 4 members (excludes halogenated alkanes) is 4. The zero-order chi connectivity index (χ0) is 36.4.